The number of aryl methyl sites for hydroxylation is 2. The predicted molar refractivity (Wildman–Crippen MR) is 126 cm³/mol. The van der Waals surface area contributed by atoms with E-state index >= 15 is 0 Å². The van der Waals surface area contributed by atoms with E-state index in [0.29, 0.717) is 0 Å². The quantitative estimate of drug-likeness (QED) is 0.398. The van der Waals surface area contributed by atoms with Crippen molar-refractivity contribution in [2.75, 3.05) is 0 Å². The van der Waals surface area contributed by atoms with Crippen LogP contribution in [0.4, 0.5) is 0 Å². The fraction of sp³-hybridized carbons (Fsp3) is 0.111. The third kappa shape index (κ3) is 3.66. The van der Waals surface area contributed by atoms with Gasteiger partial charge in [-0.3, -0.25) is 0 Å². The number of hydrogen-bond acceptors (Lipinski definition) is 0. The van der Waals surface area contributed by atoms with E-state index in [-0.39, 0.29) is 0 Å². The van der Waals surface area contributed by atoms with Crippen LogP contribution >= 0.6 is 7.26 Å². The molecular formula is C27H27P. The first kappa shape index (κ1) is 18.7. The molecule has 0 amide bonds. The Bertz CT molecular complexity index is 920. The van der Waals surface area contributed by atoms with Gasteiger partial charge in [0.15, 0.2) is 0 Å². The molecule has 4 rings (SSSR count). The summed E-state index contributed by atoms with van der Waals surface area (Å²) in [4.78, 5) is 0. The van der Waals surface area contributed by atoms with Crippen molar-refractivity contribution >= 4 is 23.2 Å². The van der Waals surface area contributed by atoms with Crippen molar-refractivity contribution in [1.82, 2.24) is 0 Å². The van der Waals surface area contributed by atoms with Gasteiger partial charge in [-0.25, -0.2) is 0 Å². The zero-order valence-corrected chi connectivity index (χ0v) is 17.6. The van der Waals surface area contributed by atoms with Crippen LogP contribution in [0.1, 0.15) is 16.7 Å². The molecule has 0 bridgehead atoms. The average Bonchev–Trinajstić information content (AvgIpc) is 2.73. The summed E-state index contributed by atoms with van der Waals surface area (Å²) in [5.41, 5.74) is 4.11. The minimum absolute atomic E-state index is 1.06. The Labute approximate surface area is 169 Å². The molecule has 0 N–H and O–H groups in total. The Morgan fingerprint density at radius 1 is 0.500 bits per heavy atom. The molecule has 0 aliphatic carbocycles. The van der Waals surface area contributed by atoms with Crippen LogP contribution in [0.2, 0.25) is 0 Å². The summed E-state index contributed by atoms with van der Waals surface area (Å²) < 4.78 is 0. The van der Waals surface area contributed by atoms with E-state index < -0.39 is 7.26 Å². The molecular weight excluding hydrogens is 355 g/mol. The van der Waals surface area contributed by atoms with E-state index in [1.165, 1.54) is 32.6 Å². The molecule has 0 nitrogen and oxygen atoms in total. The Morgan fingerprint density at radius 3 is 1.21 bits per heavy atom. The maximum absolute atomic E-state index is 2.36. The normalized spacial score (nSPS) is 11.9. The van der Waals surface area contributed by atoms with Crippen molar-refractivity contribution in [3.05, 3.63) is 126 Å². The van der Waals surface area contributed by atoms with Gasteiger partial charge in [-0.2, -0.15) is 0 Å². The fourth-order valence-corrected chi connectivity index (χ4v) is 9.16. The molecule has 0 saturated heterocycles. The third-order valence-electron chi connectivity index (χ3n) is 5.55. The molecule has 0 radical (unpaired) electrons. The Balaban J connectivity index is 2.01. The average molecular weight is 382 g/mol. The van der Waals surface area contributed by atoms with Crippen molar-refractivity contribution in [3.8, 4) is 0 Å². The second-order valence-electron chi connectivity index (χ2n) is 7.68. The van der Waals surface area contributed by atoms with Gasteiger partial charge in [-0.1, -0.05) is 0 Å². The molecule has 0 spiro atoms. The Hall–Kier alpha value is -2.69. The molecule has 0 unspecified atom stereocenters. The van der Waals surface area contributed by atoms with Gasteiger partial charge < -0.3 is 0 Å². The molecule has 0 aliphatic heterocycles. The molecule has 0 atom stereocenters. The van der Waals surface area contributed by atoms with Crippen molar-refractivity contribution < 1.29 is 0 Å². The second-order valence-corrected chi connectivity index (χ2v) is 11.6. The standard InChI is InChI=1S/C27H27P/c1-22-18-23(2)20-24(19-22)21-28(25-12-6-3-7-13-25,26-14-8-4-9-15-26)27-16-10-5-11-17-27/h3-20,28H,21H2,1-2H3. The first-order valence-electron chi connectivity index (χ1n) is 9.92. The van der Waals surface area contributed by atoms with E-state index in [1.54, 1.807) is 0 Å². The van der Waals surface area contributed by atoms with Gasteiger partial charge >= 0.3 is 169 Å². The van der Waals surface area contributed by atoms with Crippen molar-refractivity contribution in [3.63, 3.8) is 0 Å². The summed E-state index contributed by atoms with van der Waals surface area (Å²) in [5, 5.41) is 4.39. The monoisotopic (exact) mass is 382 g/mol. The SMILES string of the molecule is Cc1cc(C)cc(C[PH](c2ccccc2)(c2ccccc2)c2ccccc2)c1. The van der Waals surface area contributed by atoms with Gasteiger partial charge in [0.1, 0.15) is 0 Å². The van der Waals surface area contributed by atoms with Crippen LogP contribution in [-0.2, 0) is 6.16 Å². The summed E-state index contributed by atoms with van der Waals surface area (Å²) in [6.45, 7) is 4.40. The van der Waals surface area contributed by atoms with Gasteiger partial charge in [0.2, 0.25) is 0 Å². The van der Waals surface area contributed by atoms with Gasteiger partial charge in [0, 0.05) is 0 Å². The molecule has 0 fully saturated rings. The van der Waals surface area contributed by atoms with Crippen LogP contribution in [0.15, 0.2) is 109 Å². The van der Waals surface area contributed by atoms with Crippen molar-refractivity contribution in [1.29, 1.82) is 0 Å². The number of benzene rings is 4. The molecule has 1 heteroatoms. The summed E-state index contributed by atoms with van der Waals surface area (Å²) in [6, 6.07) is 40.4. The molecule has 0 saturated carbocycles. The fourth-order valence-electron chi connectivity index (χ4n) is 4.45. The van der Waals surface area contributed by atoms with E-state index in [1.807, 2.05) is 0 Å². The van der Waals surface area contributed by atoms with Crippen LogP contribution in [0.25, 0.3) is 0 Å². The van der Waals surface area contributed by atoms with Gasteiger partial charge in [-0.15, -0.1) is 0 Å². The first-order valence-corrected chi connectivity index (χ1v) is 12.1. The number of hydrogen-bond donors (Lipinski definition) is 0. The Morgan fingerprint density at radius 2 is 0.857 bits per heavy atom. The Kier molecular flexibility index (Phi) is 5.42. The molecule has 0 heterocycles. The molecule has 140 valence electrons. The third-order valence-corrected chi connectivity index (χ3v) is 10.4. The van der Waals surface area contributed by atoms with Crippen LogP contribution in [-0.4, -0.2) is 0 Å². The van der Waals surface area contributed by atoms with E-state index in [0.717, 1.165) is 6.16 Å². The minimum atomic E-state index is -2.21. The zero-order valence-electron chi connectivity index (χ0n) is 16.6. The van der Waals surface area contributed by atoms with Gasteiger partial charge in [0.25, 0.3) is 0 Å². The predicted octanol–water partition coefficient (Wildman–Crippen LogP) is 5.53. The second kappa shape index (κ2) is 8.13. The van der Waals surface area contributed by atoms with Crippen molar-refractivity contribution in [2.24, 2.45) is 0 Å². The number of rotatable bonds is 5. The summed E-state index contributed by atoms with van der Waals surface area (Å²) in [5.74, 6) is 0. The molecule has 4 aromatic rings. The first-order chi connectivity index (χ1) is 13.7. The summed E-state index contributed by atoms with van der Waals surface area (Å²) in [6.07, 6.45) is 1.06. The van der Waals surface area contributed by atoms with Crippen molar-refractivity contribution in [2.45, 2.75) is 20.0 Å². The summed E-state index contributed by atoms with van der Waals surface area (Å²) in [7, 11) is -2.21. The van der Waals surface area contributed by atoms with E-state index in [2.05, 4.69) is 123 Å². The zero-order chi connectivity index (χ0) is 19.4. The topological polar surface area (TPSA) is 0 Å². The summed E-state index contributed by atoms with van der Waals surface area (Å²) >= 11 is 0. The van der Waals surface area contributed by atoms with Gasteiger partial charge in [-0.05, 0) is 0 Å². The van der Waals surface area contributed by atoms with E-state index in [4.69, 9.17) is 0 Å². The molecule has 0 aromatic heterocycles. The molecule has 28 heavy (non-hydrogen) atoms. The van der Waals surface area contributed by atoms with Crippen LogP contribution in [0.3, 0.4) is 0 Å². The van der Waals surface area contributed by atoms with E-state index in [9.17, 15) is 0 Å². The maximum atomic E-state index is 2.36. The molecule has 4 aromatic carbocycles. The van der Waals surface area contributed by atoms with Crippen LogP contribution < -0.4 is 15.9 Å². The van der Waals surface area contributed by atoms with Crippen LogP contribution in [0, 0.1) is 13.8 Å². The molecule has 0 aliphatic rings. The van der Waals surface area contributed by atoms with Gasteiger partial charge in [0.05, 0.1) is 0 Å². The van der Waals surface area contributed by atoms with Crippen LogP contribution in [0.5, 0.6) is 0 Å².